The van der Waals surface area contributed by atoms with Gasteiger partial charge in [0.05, 0.1) is 25.3 Å². The highest BCUT2D eigenvalue weighted by atomic mass is 35.5. The molecule has 0 spiro atoms. The first-order valence-electron chi connectivity index (χ1n) is 7.86. The Morgan fingerprint density at radius 3 is 2.28 bits per heavy atom. The van der Waals surface area contributed by atoms with Crippen molar-refractivity contribution in [3.8, 4) is 11.5 Å². The van der Waals surface area contributed by atoms with Crippen molar-refractivity contribution in [2.75, 3.05) is 59.4 Å². The van der Waals surface area contributed by atoms with Crippen LogP contribution >= 0.6 is 12.4 Å². The van der Waals surface area contributed by atoms with Crippen LogP contribution in [0, 0.1) is 0 Å². The van der Waals surface area contributed by atoms with Gasteiger partial charge >= 0.3 is 6.03 Å². The van der Waals surface area contributed by atoms with E-state index in [9.17, 15) is 4.79 Å². The molecule has 1 aliphatic heterocycles. The van der Waals surface area contributed by atoms with Gasteiger partial charge in [0, 0.05) is 52.4 Å². The van der Waals surface area contributed by atoms with Gasteiger partial charge in [0.2, 0.25) is 5.95 Å². The van der Waals surface area contributed by atoms with Crippen LogP contribution in [0.25, 0.3) is 11.0 Å². The smallest absolute Gasteiger partial charge is 0.319 e. The van der Waals surface area contributed by atoms with Crippen molar-refractivity contribution in [1.29, 1.82) is 0 Å². The molecule has 2 aromatic rings. The quantitative estimate of drug-likeness (QED) is 0.893. The molecule has 0 saturated carbocycles. The van der Waals surface area contributed by atoms with Crippen molar-refractivity contribution in [2.45, 2.75) is 0 Å². The van der Waals surface area contributed by atoms with Crippen LogP contribution in [0.1, 0.15) is 0 Å². The molecule has 8 nitrogen and oxygen atoms in total. The third-order valence-corrected chi connectivity index (χ3v) is 4.21. The van der Waals surface area contributed by atoms with Crippen molar-refractivity contribution in [2.24, 2.45) is 0 Å². The fourth-order valence-electron chi connectivity index (χ4n) is 2.87. The van der Waals surface area contributed by atoms with E-state index < -0.39 is 0 Å². The molecule has 0 bridgehead atoms. The number of piperazine rings is 1. The van der Waals surface area contributed by atoms with Crippen LogP contribution in [0.4, 0.5) is 10.7 Å². The Labute approximate surface area is 153 Å². The summed E-state index contributed by atoms with van der Waals surface area (Å²) in [5.41, 5.74) is 1.73. The van der Waals surface area contributed by atoms with Crippen LogP contribution in [-0.4, -0.2) is 80.3 Å². The van der Waals surface area contributed by atoms with E-state index in [4.69, 9.17) is 9.47 Å². The van der Waals surface area contributed by atoms with Gasteiger partial charge in [-0.15, -0.1) is 12.4 Å². The minimum Gasteiger partial charge on any atom is -0.493 e. The van der Waals surface area contributed by atoms with Crippen LogP contribution < -0.4 is 14.4 Å². The number of halogens is 1. The molecule has 0 aliphatic carbocycles. The van der Waals surface area contributed by atoms with Crippen LogP contribution in [0.3, 0.4) is 0 Å². The number of ether oxygens (including phenoxy) is 2. The van der Waals surface area contributed by atoms with E-state index in [2.05, 4.69) is 14.9 Å². The highest BCUT2D eigenvalue weighted by molar-refractivity contribution is 5.85. The number of fused-ring (bicyclic) bond motifs is 1. The average Bonchev–Trinajstić information content (AvgIpc) is 3.02. The highest BCUT2D eigenvalue weighted by Crippen LogP contribution is 2.32. The molecule has 1 aliphatic rings. The summed E-state index contributed by atoms with van der Waals surface area (Å²) in [5.74, 6) is 2.13. The van der Waals surface area contributed by atoms with Gasteiger partial charge < -0.3 is 29.2 Å². The molecule has 1 aromatic carbocycles. The van der Waals surface area contributed by atoms with E-state index in [1.54, 1.807) is 33.2 Å². The first-order valence-corrected chi connectivity index (χ1v) is 7.86. The van der Waals surface area contributed by atoms with E-state index in [-0.39, 0.29) is 18.4 Å². The third kappa shape index (κ3) is 3.68. The van der Waals surface area contributed by atoms with E-state index in [0.29, 0.717) is 24.6 Å². The molecule has 2 heterocycles. The molecule has 1 fully saturated rings. The van der Waals surface area contributed by atoms with Gasteiger partial charge in [-0.1, -0.05) is 0 Å². The lowest BCUT2D eigenvalue weighted by Crippen LogP contribution is -2.51. The number of benzene rings is 1. The average molecular weight is 370 g/mol. The van der Waals surface area contributed by atoms with Gasteiger partial charge in [0.15, 0.2) is 11.5 Å². The molecule has 1 saturated heterocycles. The lowest BCUT2D eigenvalue weighted by atomic mass is 10.3. The molecule has 25 heavy (non-hydrogen) atoms. The number of methoxy groups -OCH3 is 2. The standard InChI is InChI=1S/C16H23N5O3.ClH/c1-19(2)16(22)21-7-5-20(6-8-21)15-17-11-9-13(23-3)14(24-4)10-12(11)18-15;/h9-10H,5-8H2,1-4H3,(H,17,18);1H. The summed E-state index contributed by atoms with van der Waals surface area (Å²) < 4.78 is 10.6. The van der Waals surface area contributed by atoms with Crippen molar-refractivity contribution >= 4 is 35.4 Å². The predicted molar refractivity (Wildman–Crippen MR) is 99.3 cm³/mol. The Bertz CT molecular complexity index is 700. The Kier molecular flexibility index (Phi) is 5.84. The number of H-pyrrole nitrogens is 1. The number of hydrogen-bond donors (Lipinski definition) is 1. The number of aromatic nitrogens is 2. The van der Waals surface area contributed by atoms with Crippen molar-refractivity contribution in [1.82, 2.24) is 19.8 Å². The zero-order valence-corrected chi connectivity index (χ0v) is 15.7. The number of carbonyl (C=O) groups excluding carboxylic acids is 1. The number of carbonyl (C=O) groups is 1. The Balaban J connectivity index is 0.00000225. The minimum atomic E-state index is 0. The molecule has 1 N–H and O–H groups in total. The number of rotatable bonds is 3. The first kappa shape index (κ1) is 19.0. The van der Waals surface area contributed by atoms with Crippen LogP contribution in [0.5, 0.6) is 11.5 Å². The molecule has 2 amide bonds. The molecule has 1 aromatic heterocycles. The second-order valence-corrected chi connectivity index (χ2v) is 5.94. The molecular weight excluding hydrogens is 346 g/mol. The normalized spacial score (nSPS) is 14.2. The number of anilines is 1. The van der Waals surface area contributed by atoms with Crippen molar-refractivity contribution in [3.05, 3.63) is 12.1 Å². The fraction of sp³-hybridized carbons (Fsp3) is 0.500. The summed E-state index contributed by atoms with van der Waals surface area (Å²) in [5, 5.41) is 0. The first-order chi connectivity index (χ1) is 11.5. The molecule has 0 atom stereocenters. The van der Waals surface area contributed by atoms with E-state index in [1.165, 1.54) is 0 Å². The summed E-state index contributed by atoms with van der Waals surface area (Å²) in [6.07, 6.45) is 0. The van der Waals surface area contributed by atoms with Crippen LogP contribution in [-0.2, 0) is 0 Å². The SMILES string of the molecule is COc1cc2nc(N3CCN(C(=O)N(C)C)CC3)[nH]c2cc1OC.Cl. The maximum absolute atomic E-state index is 12.0. The largest absolute Gasteiger partial charge is 0.493 e. The second kappa shape index (κ2) is 7.69. The van der Waals surface area contributed by atoms with Gasteiger partial charge in [0.25, 0.3) is 0 Å². The number of nitrogens with zero attached hydrogens (tertiary/aromatic N) is 4. The Hall–Kier alpha value is -2.35. The van der Waals surface area contributed by atoms with Gasteiger partial charge in [-0.3, -0.25) is 0 Å². The van der Waals surface area contributed by atoms with Crippen LogP contribution in [0.15, 0.2) is 12.1 Å². The summed E-state index contributed by atoms with van der Waals surface area (Å²) in [7, 11) is 6.77. The number of amides is 2. The van der Waals surface area contributed by atoms with Crippen molar-refractivity contribution in [3.63, 3.8) is 0 Å². The lowest BCUT2D eigenvalue weighted by molar-refractivity contribution is 0.167. The topological polar surface area (TPSA) is 73.9 Å². The van der Waals surface area contributed by atoms with E-state index in [0.717, 1.165) is 30.1 Å². The number of nitrogens with one attached hydrogen (secondary N) is 1. The molecule has 3 rings (SSSR count). The minimum absolute atomic E-state index is 0. The van der Waals surface area contributed by atoms with Gasteiger partial charge in [-0.05, 0) is 0 Å². The number of hydrogen-bond acceptors (Lipinski definition) is 5. The fourth-order valence-corrected chi connectivity index (χ4v) is 2.87. The Morgan fingerprint density at radius 2 is 1.72 bits per heavy atom. The molecule has 138 valence electrons. The number of imidazole rings is 1. The van der Waals surface area contributed by atoms with E-state index >= 15 is 0 Å². The summed E-state index contributed by atoms with van der Waals surface area (Å²) in [4.78, 5) is 25.6. The van der Waals surface area contributed by atoms with Gasteiger partial charge in [-0.2, -0.15) is 0 Å². The summed E-state index contributed by atoms with van der Waals surface area (Å²) in [6.45, 7) is 2.85. The van der Waals surface area contributed by atoms with Crippen LogP contribution in [0.2, 0.25) is 0 Å². The van der Waals surface area contributed by atoms with Crippen molar-refractivity contribution < 1.29 is 14.3 Å². The van der Waals surface area contributed by atoms with Gasteiger partial charge in [-0.25, -0.2) is 9.78 Å². The second-order valence-electron chi connectivity index (χ2n) is 5.94. The maximum Gasteiger partial charge on any atom is 0.319 e. The molecule has 0 unspecified atom stereocenters. The maximum atomic E-state index is 12.0. The zero-order valence-electron chi connectivity index (χ0n) is 14.9. The monoisotopic (exact) mass is 369 g/mol. The highest BCUT2D eigenvalue weighted by Gasteiger charge is 2.24. The predicted octanol–water partition coefficient (Wildman–Crippen LogP) is 1.81. The summed E-state index contributed by atoms with van der Waals surface area (Å²) >= 11 is 0. The van der Waals surface area contributed by atoms with Gasteiger partial charge in [0.1, 0.15) is 0 Å². The Morgan fingerprint density at radius 1 is 1.12 bits per heavy atom. The van der Waals surface area contributed by atoms with E-state index in [1.807, 2.05) is 17.0 Å². The molecule has 9 heteroatoms. The molecule has 0 radical (unpaired) electrons. The third-order valence-electron chi connectivity index (χ3n) is 4.21. The summed E-state index contributed by atoms with van der Waals surface area (Å²) in [6, 6.07) is 3.80. The molecular formula is C16H24ClN5O3. The number of urea groups is 1. The number of aromatic amines is 1. The lowest BCUT2D eigenvalue weighted by Gasteiger charge is -2.35. The zero-order chi connectivity index (χ0) is 17.3.